The van der Waals surface area contributed by atoms with Gasteiger partial charge in [0.15, 0.2) is 0 Å². The lowest BCUT2D eigenvalue weighted by Gasteiger charge is -2.44. The smallest absolute Gasteiger partial charge is 0.331 e. The van der Waals surface area contributed by atoms with Crippen LogP contribution >= 0.6 is 15.9 Å². The zero-order valence-corrected chi connectivity index (χ0v) is 15.0. The van der Waals surface area contributed by atoms with Gasteiger partial charge in [-0.1, -0.05) is 0 Å². The number of rotatable bonds is 4. The number of ether oxygens (including phenoxy) is 2. The van der Waals surface area contributed by atoms with Crippen molar-refractivity contribution in [2.75, 3.05) is 26.8 Å². The summed E-state index contributed by atoms with van der Waals surface area (Å²) in [5.41, 5.74) is 0.821. The van der Waals surface area contributed by atoms with Gasteiger partial charge >= 0.3 is 5.97 Å². The number of pyridine rings is 1. The van der Waals surface area contributed by atoms with Crippen molar-refractivity contribution in [3.8, 4) is 0 Å². The molecule has 1 aliphatic heterocycles. The van der Waals surface area contributed by atoms with Crippen LogP contribution in [0.4, 0.5) is 0 Å². The molecular weight excluding hydrogens is 360 g/mol. The van der Waals surface area contributed by atoms with E-state index in [0.29, 0.717) is 5.41 Å². The van der Waals surface area contributed by atoms with E-state index in [1.807, 2.05) is 12.1 Å². The molecular formula is C17H23BrN2O3. The van der Waals surface area contributed by atoms with Gasteiger partial charge in [0, 0.05) is 17.2 Å². The Bertz CT molecular complexity index is 545. The van der Waals surface area contributed by atoms with E-state index in [1.54, 1.807) is 6.20 Å². The van der Waals surface area contributed by atoms with Gasteiger partial charge in [-0.3, -0.25) is 4.98 Å². The van der Waals surface area contributed by atoms with Gasteiger partial charge in [-0.2, -0.15) is 0 Å². The van der Waals surface area contributed by atoms with Crippen LogP contribution in [0.1, 0.15) is 37.8 Å². The molecule has 1 aliphatic carbocycles. The molecule has 1 aromatic heterocycles. The second kappa shape index (κ2) is 6.87. The summed E-state index contributed by atoms with van der Waals surface area (Å²) in [6.45, 7) is 2.17. The normalized spacial score (nSPS) is 30.5. The summed E-state index contributed by atoms with van der Waals surface area (Å²) in [6.07, 6.45) is 6.99. The lowest BCUT2D eigenvalue weighted by molar-refractivity contribution is -0.159. The number of hydrogen-bond acceptors (Lipinski definition) is 5. The number of aromatic nitrogens is 1. The standard InChI is InChI=1S/C17H23BrN2O3/c1-22-15(21)11-23-17(14-3-2-13(18)10-20-14)6-4-16(5-7-17)8-9-19-12-16/h2-3,10,19H,4-9,11-12H2,1H3. The van der Waals surface area contributed by atoms with Gasteiger partial charge in [0.05, 0.1) is 12.8 Å². The second-order valence-corrected chi connectivity index (χ2v) is 7.56. The van der Waals surface area contributed by atoms with E-state index in [4.69, 9.17) is 9.47 Å². The minimum Gasteiger partial charge on any atom is -0.467 e. The molecule has 2 heterocycles. The lowest BCUT2D eigenvalue weighted by Crippen LogP contribution is -2.41. The summed E-state index contributed by atoms with van der Waals surface area (Å²) < 4.78 is 11.8. The third kappa shape index (κ3) is 3.59. The van der Waals surface area contributed by atoms with E-state index in [0.717, 1.165) is 48.9 Å². The molecule has 1 spiro atoms. The van der Waals surface area contributed by atoms with Crippen LogP contribution < -0.4 is 5.32 Å². The van der Waals surface area contributed by atoms with Crippen LogP contribution in [0.2, 0.25) is 0 Å². The Morgan fingerprint density at radius 2 is 2.09 bits per heavy atom. The van der Waals surface area contributed by atoms with Gasteiger partial charge in [-0.15, -0.1) is 0 Å². The monoisotopic (exact) mass is 382 g/mol. The zero-order valence-electron chi connectivity index (χ0n) is 13.4. The highest BCUT2D eigenvalue weighted by atomic mass is 79.9. The number of hydrogen-bond donors (Lipinski definition) is 1. The molecule has 1 aromatic rings. The molecule has 0 unspecified atom stereocenters. The molecule has 5 nitrogen and oxygen atoms in total. The van der Waals surface area contributed by atoms with E-state index in [1.165, 1.54) is 13.5 Å². The van der Waals surface area contributed by atoms with E-state index in [2.05, 4.69) is 26.2 Å². The molecule has 0 amide bonds. The molecule has 0 bridgehead atoms. The summed E-state index contributed by atoms with van der Waals surface area (Å²) in [4.78, 5) is 16.1. The molecule has 0 radical (unpaired) electrons. The molecule has 3 rings (SSSR count). The predicted molar refractivity (Wildman–Crippen MR) is 90.0 cm³/mol. The molecule has 2 fully saturated rings. The Morgan fingerprint density at radius 1 is 1.30 bits per heavy atom. The van der Waals surface area contributed by atoms with Crippen molar-refractivity contribution < 1.29 is 14.3 Å². The number of carbonyl (C=O) groups is 1. The molecule has 23 heavy (non-hydrogen) atoms. The molecule has 1 saturated heterocycles. The third-order valence-electron chi connectivity index (χ3n) is 5.34. The van der Waals surface area contributed by atoms with Crippen LogP contribution in [0.5, 0.6) is 0 Å². The highest BCUT2D eigenvalue weighted by Crippen LogP contribution is 2.49. The largest absolute Gasteiger partial charge is 0.467 e. The first-order valence-electron chi connectivity index (χ1n) is 8.11. The average Bonchev–Trinajstić information content (AvgIpc) is 3.04. The fraction of sp³-hybridized carbons (Fsp3) is 0.647. The molecule has 0 atom stereocenters. The summed E-state index contributed by atoms with van der Waals surface area (Å²) in [7, 11) is 1.39. The van der Waals surface area contributed by atoms with Gasteiger partial charge in [0.2, 0.25) is 0 Å². The predicted octanol–water partition coefficient (Wildman–Crippen LogP) is 2.78. The first kappa shape index (κ1) is 16.9. The Balaban J connectivity index is 1.79. The van der Waals surface area contributed by atoms with Crippen LogP contribution in [-0.2, 0) is 19.9 Å². The van der Waals surface area contributed by atoms with Crippen LogP contribution in [0.25, 0.3) is 0 Å². The van der Waals surface area contributed by atoms with E-state index >= 15 is 0 Å². The number of esters is 1. The number of nitrogens with zero attached hydrogens (tertiary/aromatic N) is 1. The number of carbonyl (C=O) groups excluding carboxylic acids is 1. The van der Waals surface area contributed by atoms with Crippen LogP contribution in [0, 0.1) is 5.41 Å². The Hall–Kier alpha value is -0.980. The van der Waals surface area contributed by atoms with Crippen LogP contribution in [-0.4, -0.2) is 37.8 Å². The molecule has 0 aromatic carbocycles. The van der Waals surface area contributed by atoms with Crippen molar-refractivity contribution in [3.05, 3.63) is 28.5 Å². The van der Waals surface area contributed by atoms with E-state index in [9.17, 15) is 4.79 Å². The maximum atomic E-state index is 11.5. The molecule has 1 N–H and O–H groups in total. The molecule has 6 heteroatoms. The highest BCUT2D eigenvalue weighted by Gasteiger charge is 2.46. The average molecular weight is 383 g/mol. The SMILES string of the molecule is COC(=O)COC1(c2ccc(Br)cn2)CCC2(CCNC2)CC1. The molecule has 126 valence electrons. The van der Waals surface area contributed by atoms with Gasteiger partial charge in [-0.25, -0.2) is 4.79 Å². The Labute approximate surface area is 145 Å². The maximum absolute atomic E-state index is 11.5. The number of methoxy groups -OCH3 is 1. The Kier molecular flexibility index (Phi) is 5.04. The van der Waals surface area contributed by atoms with Crippen molar-refractivity contribution in [2.24, 2.45) is 5.41 Å². The third-order valence-corrected chi connectivity index (χ3v) is 5.81. The fourth-order valence-corrected chi connectivity index (χ4v) is 4.02. The van der Waals surface area contributed by atoms with Crippen molar-refractivity contribution in [2.45, 2.75) is 37.7 Å². The molecule has 2 aliphatic rings. The van der Waals surface area contributed by atoms with Gasteiger partial charge in [0.1, 0.15) is 12.2 Å². The maximum Gasteiger partial charge on any atom is 0.331 e. The highest BCUT2D eigenvalue weighted by molar-refractivity contribution is 9.10. The Morgan fingerprint density at radius 3 is 2.65 bits per heavy atom. The summed E-state index contributed by atoms with van der Waals surface area (Å²) in [5, 5.41) is 3.48. The van der Waals surface area contributed by atoms with E-state index in [-0.39, 0.29) is 12.6 Å². The van der Waals surface area contributed by atoms with Gasteiger partial charge < -0.3 is 14.8 Å². The van der Waals surface area contributed by atoms with Gasteiger partial charge in [0.25, 0.3) is 0 Å². The summed E-state index contributed by atoms with van der Waals surface area (Å²) in [5.74, 6) is -0.343. The summed E-state index contributed by atoms with van der Waals surface area (Å²) in [6, 6.07) is 3.97. The lowest BCUT2D eigenvalue weighted by atomic mass is 9.67. The van der Waals surface area contributed by atoms with Crippen LogP contribution in [0.3, 0.4) is 0 Å². The quantitative estimate of drug-likeness (QED) is 0.811. The minimum atomic E-state index is -0.483. The second-order valence-electron chi connectivity index (χ2n) is 6.65. The van der Waals surface area contributed by atoms with Gasteiger partial charge in [-0.05, 0) is 72.1 Å². The topological polar surface area (TPSA) is 60.5 Å². The minimum absolute atomic E-state index is 0.0283. The van der Waals surface area contributed by atoms with E-state index < -0.39 is 5.60 Å². The van der Waals surface area contributed by atoms with Crippen molar-refractivity contribution in [1.82, 2.24) is 10.3 Å². The van der Waals surface area contributed by atoms with Crippen LogP contribution in [0.15, 0.2) is 22.8 Å². The first-order valence-corrected chi connectivity index (χ1v) is 8.90. The van der Waals surface area contributed by atoms with Crippen molar-refractivity contribution in [1.29, 1.82) is 0 Å². The van der Waals surface area contributed by atoms with Crippen molar-refractivity contribution in [3.63, 3.8) is 0 Å². The zero-order chi connectivity index (χ0) is 16.3. The number of nitrogens with one attached hydrogen (secondary N) is 1. The van der Waals surface area contributed by atoms with Crippen molar-refractivity contribution >= 4 is 21.9 Å². The fourth-order valence-electron chi connectivity index (χ4n) is 3.78. The summed E-state index contributed by atoms with van der Waals surface area (Å²) >= 11 is 3.42. The first-order chi connectivity index (χ1) is 11.1. The number of halogens is 1. The molecule has 1 saturated carbocycles.